The van der Waals surface area contributed by atoms with Crippen molar-refractivity contribution in [1.29, 1.82) is 0 Å². The number of rotatable bonds is 4. The van der Waals surface area contributed by atoms with Crippen molar-refractivity contribution in [2.75, 3.05) is 13.1 Å². The summed E-state index contributed by atoms with van der Waals surface area (Å²) >= 11 is 3.48. The third-order valence-electron chi connectivity index (χ3n) is 3.72. The summed E-state index contributed by atoms with van der Waals surface area (Å²) in [6.45, 7) is 6.83. The molecule has 1 aliphatic rings. The summed E-state index contributed by atoms with van der Waals surface area (Å²) in [5.41, 5.74) is 0. The van der Waals surface area contributed by atoms with Gasteiger partial charge in [-0.1, -0.05) is 28.9 Å². The SMILES string of the molecule is CCC(C)N1CCCC(Oc2cccc(Br)c2)C1. The zero-order chi connectivity index (χ0) is 13.0. The van der Waals surface area contributed by atoms with Crippen LogP contribution in [0.4, 0.5) is 0 Å². The van der Waals surface area contributed by atoms with Gasteiger partial charge in [0, 0.05) is 17.1 Å². The van der Waals surface area contributed by atoms with Gasteiger partial charge in [-0.3, -0.25) is 4.90 Å². The normalized spacial score (nSPS) is 22.7. The number of benzene rings is 1. The summed E-state index contributed by atoms with van der Waals surface area (Å²) in [4.78, 5) is 2.55. The monoisotopic (exact) mass is 311 g/mol. The summed E-state index contributed by atoms with van der Waals surface area (Å²) in [6.07, 6.45) is 3.95. The van der Waals surface area contributed by atoms with E-state index in [2.05, 4.69) is 34.7 Å². The van der Waals surface area contributed by atoms with E-state index in [9.17, 15) is 0 Å². The fourth-order valence-corrected chi connectivity index (χ4v) is 2.83. The smallest absolute Gasteiger partial charge is 0.120 e. The molecule has 2 unspecified atom stereocenters. The number of nitrogens with zero attached hydrogens (tertiary/aromatic N) is 1. The third-order valence-corrected chi connectivity index (χ3v) is 4.22. The topological polar surface area (TPSA) is 12.5 Å². The Hall–Kier alpha value is -0.540. The third kappa shape index (κ3) is 3.72. The van der Waals surface area contributed by atoms with Gasteiger partial charge in [0.2, 0.25) is 0 Å². The summed E-state index contributed by atoms with van der Waals surface area (Å²) in [7, 11) is 0. The Morgan fingerprint density at radius 2 is 2.33 bits per heavy atom. The molecule has 18 heavy (non-hydrogen) atoms. The predicted molar refractivity (Wildman–Crippen MR) is 79.1 cm³/mol. The highest BCUT2D eigenvalue weighted by Crippen LogP contribution is 2.23. The fourth-order valence-electron chi connectivity index (χ4n) is 2.45. The summed E-state index contributed by atoms with van der Waals surface area (Å²) in [6, 6.07) is 8.79. The maximum atomic E-state index is 6.09. The van der Waals surface area contributed by atoms with Crippen LogP contribution in [0.25, 0.3) is 0 Å². The first-order valence-corrected chi connectivity index (χ1v) is 7.64. The maximum absolute atomic E-state index is 6.09. The van der Waals surface area contributed by atoms with Gasteiger partial charge in [0.15, 0.2) is 0 Å². The molecule has 0 bridgehead atoms. The molecule has 2 atom stereocenters. The van der Waals surface area contributed by atoms with Crippen LogP contribution < -0.4 is 4.74 Å². The Morgan fingerprint density at radius 3 is 3.06 bits per heavy atom. The second-order valence-electron chi connectivity index (χ2n) is 5.09. The van der Waals surface area contributed by atoms with Gasteiger partial charge in [0.05, 0.1) is 0 Å². The lowest BCUT2D eigenvalue weighted by Crippen LogP contribution is -2.45. The van der Waals surface area contributed by atoms with Gasteiger partial charge >= 0.3 is 0 Å². The molecule has 0 spiro atoms. The zero-order valence-corrected chi connectivity index (χ0v) is 12.8. The number of piperidine rings is 1. The molecule has 0 aliphatic carbocycles. The van der Waals surface area contributed by atoms with Crippen LogP contribution in [0.2, 0.25) is 0 Å². The molecule has 2 nitrogen and oxygen atoms in total. The molecule has 0 amide bonds. The standard InChI is InChI=1S/C15H22BrNO/c1-3-12(2)17-9-5-8-15(11-17)18-14-7-4-6-13(16)10-14/h4,6-7,10,12,15H,3,5,8-9,11H2,1-2H3. The second-order valence-corrected chi connectivity index (χ2v) is 6.01. The van der Waals surface area contributed by atoms with Gasteiger partial charge in [0.25, 0.3) is 0 Å². The Morgan fingerprint density at radius 1 is 1.50 bits per heavy atom. The van der Waals surface area contributed by atoms with E-state index in [1.807, 2.05) is 24.3 Å². The van der Waals surface area contributed by atoms with Crippen LogP contribution in [0.15, 0.2) is 28.7 Å². The lowest BCUT2D eigenvalue weighted by atomic mass is 10.1. The van der Waals surface area contributed by atoms with Crippen molar-refractivity contribution in [2.24, 2.45) is 0 Å². The van der Waals surface area contributed by atoms with Crippen molar-refractivity contribution in [3.05, 3.63) is 28.7 Å². The van der Waals surface area contributed by atoms with E-state index in [-0.39, 0.29) is 0 Å². The van der Waals surface area contributed by atoms with Crippen molar-refractivity contribution in [3.8, 4) is 5.75 Å². The summed E-state index contributed by atoms with van der Waals surface area (Å²) < 4.78 is 7.17. The molecule has 100 valence electrons. The molecular formula is C15H22BrNO. The Kier molecular flexibility index (Phi) is 5.07. The minimum atomic E-state index is 0.335. The van der Waals surface area contributed by atoms with Crippen LogP contribution in [0, 0.1) is 0 Å². The van der Waals surface area contributed by atoms with E-state index in [1.54, 1.807) is 0 Å². The molecule has 0 radical (unpaired) electrons. The summed E-state index contributed by atoms with van der Waals surface area (Å²) in [5, 5.41) is 0. The Labute approximate surface area is 118 Å². The number of ether oxygens (including phenoxy) is 1. The molecule has 0 aromatic heterocycles. The molecule has 3 heteroatoms. The van der Waals surface area contributed by atoms with E-state index in [0.29, 0.717) is 12.1 Å². The molecule has 1 saturated heterocycles. The number of likely N-dealkylation sites (tertiary alicyclic amines) is 1. The van der Waals surface area contributed by atoms with Crippen molar-refractivity contribution in [2.45, 2.75) is 45.3 Å². The molecule has 1 aromatic rings. The van der Waals surface area contributed by atoms with Crippen molar-refractivity contribution in [3.63, 3.8) is 0 Å². The summed E-state index contributed by atoms with van der Waals surface area (Å²) in [5.74, 6) is 0.973. The highest BCUT2D eigenvalue weighted by Gasteiger charge is 2.23. The second kappa shape index (κ2) is 6.58. The van der Waals surface area contributed by atoms with Crippen LogP contribution in [0.5, 0.6) is 5.75 Å². The van der Waals surface area contributed by atoms with Gasteiger partial charge in [0.1, 0.15) is 11.9 Å². The minimum Gasteiger partial charge on any atom is -0.489 e. The van der Waals surface area contributed by atoms with Crippen LogP contribution in [-0.4, -0.2) is 30.1 Å². The van der Waals surface area contributed by atoms with E-state index in [0.717, 1.165) is 16.8 Å². The predicted octanol–water partition coefficient (Wildman–Crippen LogP) is 4.09. The lowest BCUT2D eigenvalue weighted by molar-refractivity contribution is 0.0649. The van der Waals surface area contributed by atoms with Crippen molar-refractivity contribution in [1.82, 2.24) is 4.90 Å². The Bertz CT molecular complexity index is 383. The van der Waals surface area contributed by atoms with Gasteiger partial charge in [-0.15, -0.1) is 0 Å². The average Bonchev–Trinajstić information content (AvgIpc) is 2.38. The van der Waals surface area contributed by atoms with Gasteiger partial charge in [-0.25, -0.2) is 0 Å². The highest BCUT2D eigenvalue weighted by molar-refractivity contribution is 9.10. The molecule has 0 N–H and O–H groups in total. The molecule has 1 heterocycles. The van der Waals surface area contributed by atoms with Crippen LogP contribution in [0.1, 0.15) is 33.1 Å². The van der Waals surface area contributed by atoms with Gasteiger partial charge in [-0.2, -0.15) is 0 Å². The number of hydrogen-bond donors (Lipinski definition) is 0. The molecule has 2 rings (SSSR count). The molecule has 1 aliphatic heterocycles. The number of hydrogen-bond acceptors (Lipinski definition) is 2. The molecule has 1 aromatic carbocycles. The van der Waals surface area contributed by atoms with Crippen LogP contribution in [-0.2, 0) is 0 Å². The first kappa shape index (κ1) is 13.9. The van der Waals surface area contributed by atoms with Crippen LogP contribution in [0.3, 0.4) is 0 Å². The lowest BCUT2D eigenvalue weighted by Gasteiger charge is -2.36. The first-order valence-electron chi connectivity index (χ1n) is 6.85. The van der Waals surface area contributed by atoms with Crippen LogP contribution >= 0.6 is 15.9 Å². The molecule has 1 fully saturated rings. The highest BCUT2D eigenvalue weighted by atomic mass is 79.9. The van der Waals surface area contributed by atoms with Crippen molar-refractivity contribution < 1.29 is 4.74 Å². The fraction of sp³-hybridized carbons (Fsp3) is 0.600. The van der Waals surface area contributed by atoms with Gasteiger partial charge in [-0.05, 0) is 50.9 Å². The zero-order valence-electron chi connectivity index (χ0n) is 11.2. The van der Waals surface area contributed by atoms with E-state index in [4.69, 9.17) is 4.74 Å². The average molecular weight is 312 g/mol. The largest absolute Gasteiger partial charge is 0.489 e. The molecular weight excluding hydrogens is 290 g/mol. The first-order chi connectivity index (χ1) is 8.69. The van der Waals surface area contributed by atoms with Gasteiger partial charge < -0.3 is 4.74 Å². The Balaban J connectivity index is 1.93. The minimum absolute atomic E-state index is 0.335. The molecule has 0 saturated carbocycles. The van der Waals surface area contributed by atoms with E-state index >= 15 is 0 Å². The quantitative estimate of drug-likeness (QED) is 0.830. The number of halogens is 1. The van der Waals surface area contributed by atoms with E-state index in [1.165, 1.54) is 25.8 Å². The maximum Gasteiger partial charge on any atom is 0.120 e. The van der Waals surface area contributed by atoms with E-state index < -0.39 is 0 Å². The van der Waals surface area contributed by atoms with Crippen molar-refractivity contribution >= 4 is 15.9 Å².